The molecule has 3 heteroatoms. The summed E-state index contributed by atoms with van der Waals surface area (Å²) in [5.74, 6) is 1.83. The second kappa shape index (κ2) is 9.51. The molecule has 1 N–H and O–H groups in total. The molecule has 0 aliphatic carbocycles. The molecule has 0 radical (unpaired) electrons. The molecule has 1 rings (SSSR count). The Morgan fingerprint density at radius 3 is 2.76 bits per heavy atom. The number of ether oxygens (including phenoxy) is 1. The van der Waals surface area contributed by atoms with Crippen LogP contribution in [0.15, 0.2) is 30.3 Å². The van der Waals surface area contributed by atoms with Gasteiger partial charge in [0, 0.05) is 19.7 Å². The Labute approximate surface area is 109 Å². The van der Waals surface area contributed by atoms with Crippen molar-refractivity contribution >= 4 is 11.8 Å². The molecular weight excluding hydrogens is 230 g/mol. The largest absolute Gasteiger partial charge is 0.380 e. The van der Waals surface area contributed by atoms with Crippen molar-refractivity contribution in [1.29, 1.82) is 0 Å². The van der Waals surface area contributed by atoms with E-state index in [-0.39, 0.29) is 0 Å². The average molecular weight is 253 g/mol. The average Bonchev–Trinajstić information content (AvgIpc) is 2.35. The monoisotopic (exact) mass is 253 g/mol. The fraction of sp³-hybridized carbons (Fsp3) is 0.571. The van der Waals surface area contributed by atoms with Crippen molar-refractivity contribution in [1.82, 2.24) is 5.32 Å². The van der Waals surface area contributed by atoms with Crippen LogP contribution in [0.5, 0.6) is 0 Å². The van der Waals surface area contributed by atoms with Crippen LogP contribution in [0.2, 0.25) is 0 Å². The molecule has 0 heterocycles. The third-order valence-corrected chi connectivity index (χ3v) is 3.35. The van der Waals surface area contributed by atoms with Gasteiger partial charge in [-0.1, -0.05) is 37.3 Å². The van der Waals surface area contributed by atoms with E-state index in [0.29, 0.717) is 5.92 Å². The van der Waals surface area contributed by atoms with E-state index in [0.717, 1.165) is 26.3 Å². The standard InChI is InChI=1S/C14H23NOS/c1-13(12-17-2)11-16-9-8-15-10-14-6-4-3-5-7-14/h3-7,13,15H,8-12H2,1-2H3. The van der Waals surface area contributed by atoms with Gasteiger partial charge in [0.15, 0.2) is 0 Å². The van der Waals surface area contributed by atoms with Crippen LogP contribution in [-0.2, 0) is 11.3 Å². The topological polar surface area (TPSA) is 21.3 Å². The predicted molar refractivity (Wildman–Crippen MR) is 76.5 cm³/mol. The zero-order valence-electron chi connectivity index (χ0n) is 10.8. The predicted octanol–water partition coefficient (Wildman–Crippen LogP) is 2.79. The first-order valence-corrected chi connectivity index (χ1v) is 7.53. The Morgan fingerprint density at radius 1 is 1.29 bits per heavy atom. The van der Waals surface area contributed by atoms with Crippen molar-refractivity contribution in [2.75, 3.05) is 31.8 Å². The molecule has 0 fully saturated rings. The van der Waals surface area contributed by atoms with E-state index in [4.69, 9.17) is 4.74 Å². The number of hydrogen-bond donors (Lipinski definition) is 1. The summed E-state index contributed by atoms with van der Waals surface area (Å²) in [6.45, 7) is 5.73. The third kappa shape index (κ3) is 7.42. The van der Waals surface area contributed by atoms with Crippen molar-refractivity contribution in [2.24, 2.45) is 5.92 Å². The molecule has 96 valence electrons. The molecule has 17 heavy (non-hydrogen) atoms. The molecule has 0 bridgehead atoms. The Balaban J connectivity index is 1.95. The number of thioether (sulfide) groups is 1. The highest BCUT2D eigenvalue weighted by molar-refractivity contribution is 7.98. The Kier molecular flexibility index (Phi) is 8.14. The lowest BCUT2D eigenvalue weighted by Crippen LogP contribution is -2.20. The minimum absolute atomic E-state index is 0.652. The maximum Gasteiger partial charge on any atom is 0.0591 e. The van der Waals surface area contributed by atoms with Crippen molar-refractivity contribution in [3.05, 3.63) is 35.9 Å². The zero-order chi connectivity index (χ0) is 12.3. The summed E-state index contributed by atoms with van der Waals surface area (Å²) in [4.78, 5) is 0. The Hall–Kier alpha value is -0.510. The second-order valence-corrected chi connectivity index (χ2v) is 5.21. The van der Waals surface area contributed by atoms with Crippen molar-refractivity contribution in [3.8, 4) is 0 Å². The van der Waals surface area contributed by atoms with Gasteiger partial charge >= 0.3 is 0 Å². The minimum Gasteiger partial charge on any atom is -0.380 e. The highest BCUT2D eigenvalue weighted by Crippen LogP contribution is 2.04. The lowest BCUT2D eigenvalue weighted by molar-refractivity contribution is 0.113. The van der Waals surface area contributed by atoms with E-state index in [9.17, 15) is 0 Å². The van der Waals surface area contributed by atoms with Gasteiger partial charge in [-0.25, -0.2) is 0 Å². The summed E-state index contributed by atoms with van der Waals surface area (Å²) in [5, 5.41) is 3.38. The molecule has 1 unspecified atom stereocenters. The maximum atomic E-state index is 5.61. The first kappa shape index (κ1) is 14.6. The van der Waals surface area contributed by atoms with Gasteiger partial charge in [0.25, 0.3) is 0 Å². The summed E-state index contributed by atoms with van der Waals surface area (Å²) in [6, 6.07) is 10.4. The normalized spacial score (nSPS) is 12.6. The Morgan fingerprint density at radius 2 is 2.06 bits per heavy atom. The smallest absolute Gasteiger partial charge is 0.0591 e. The minimum atomic E-state index is 0.652. The van der Waals surface area contributed by atoms with Gasteiger partial charge in [-0.3, -0.25) is 0 Å². The molecule has 0 aromatic heterocycles. The zero-order valence-corrected chi connectivity index (χ0v) is 11.6. The van der Waals surface area contributed by atoms with Crippen LogP contribution in [0.25, 0.3) is 0 Å². The number of rotatable bonds is 9. The van der Waals surface area contributed by atoms with Crippen LogP contribution < -0.4 is 5.32 Å². The van der Waals surface area contributed by atoms with E-state index < -0.39 is 0 Å². The number of benzene rings is 1. The lowest BCUT2D eigenvalue weighted by Gasteiger charge is -2.10. The molecule has 0 spiro atoms. The van der Waals surface area contributed by atoms with Crippen LogP contribution in [-0.4, -0.2) is 31.8 Å². The number of hydrogen-bond acceptors (Lipinski definition) is 3. The maximum absolute atomic E-state index is 5.61. The van der Waals surface area contributed by atoms with Crippen LogP contribution >= 0.6 is 11.8 Å². The summed E-state index contributed by atoms with van der Waals surface area (Å²) in [7, 11) is 0. The molecule has 0 saturated carbocycles. The van der Waals surface area contributed by atoms with Gasteiger partial charge in [0.2, 0.25) is 0 Å². The van der Waals surface area contributed by atoms with E-state index in [1.165, 1.54) is 11.3 Å². The highest BCUT2D eigenvalue weighted by Gasteiger charge is 2.00. The molecule has 0 aliphatic rings. The van der Waals surface area contributed by atoms with Crippen LogP contribution in [0.4, 0.5) is 0 Å². The summed E-state index contributed by atoms with van der Waals surface area (Å²) in [6.07, 6.45) is 2.14. The fourth-order valence-corrected chi connectivity index (χ4v) is 2.26. The molecule has 0 aliphatic heterocycles. The van der Waals surface area contributed by atoms with Gasteiger partial charge in [0.05, 0.1) is 6.61 Å². The molecular formula is C14H23NOS. The van der Waals surface area contributed by atoms with E-state index in [1.54, 1.807) is 0 Å². The lowest BCUT2D eigenvalue weighted by atomic mass is 10.2. The van der Waals surface area contributed by atoms with Crippen molar-refractivity contribution in [2.45, 2.75) is 13.5 Å². The second-order valence-electron chi connectivity index (χ2n) is 4.30. The van der Waals surface area contributed by atoms with E-state index in [2.05, 4.69) is 42.8 Å². The SMILES string of the molecule is CSCC(C)COCCNCc1ccccc1. The molecule has 1 aromatic rings. The van der Waals surface area contributed by atoms with Gasteiger partial charge in [-0.15, -0.1) is 0 Å². The first-order valence-electron chi connectivity index (χ1n) is 6.14. The Bertz CT molecular complexity index is 279. The van der Waals surface area contributed by atoms with Crippen LogP contribution in [0.3, 0.4) is 0 Å². The highest BCUT2D eigenvalue weighted by atomic mass is 32.2. The fourth-order valence-electron chi connectivity index (χ4n) is 1.59. The molecule has 0 saturated heterocycles. The van der Waals surface area contributed by atoms with Gasteiger partial charge in [-0.2, -0.15) is 11.8 Å². The quantitative estimate of drug-likeness (QED) is 0.684. The molecule has 2 nitrogen and oxygen atoms in total. The van der Waals surface area contributed by atoms with Gasteiger partial charge in [-0.05, 0) is 23.5 Å². The summed E-state index contributed by atoms with van der Waals surface area (Å²) >= 11 is 1.88. The number of nitrogens with one attached hydrogen (secondary N) is 1. The van der Waals surface area contributed by atoms with E-state index >= 15 is 0 Å². The van der Waals surface area contributed by atoms with Crippen LogP contribution in [0.1, 0.15) is 12.5 Å². The molecule has 0 amide bonds. The van der Waals surface area contributed by atoms with Crippen molar-refractivity contribution in [3.63, 3.8) is 0 Å². The molecule has 1 aromatic carbocycles. The summed E-state index contributed by atoms with van der Waals surface area (Å²) < 4.78 is 5.61. The summed E-state index contributed by atoms with van der Waals surface area (Å²) in [5.41, 5.74) is 1.32. The van der Waals surface area contributed by atoms with Crippen molar-refractivity contribution < 1.29 is 4.74 Å². The molecule has 1 atom stereocenters. The van der Waals surface area contributed by atoms with Gasteiger partial charge < -0.3 is 10.1 Å². The first-order chi connectivity index (χ1) is 8.33. The third-order valence-electron chi connectivity index (χ3n) is 2.45. The van der Waals surface area contributed by atoms with Gasteiger partial charge in [0.1, 0.15) is 0 Å². The van der Waals surface area contributed by atoms with E-state index in [1.807, 2.05) is 17.8 Å². The van der Waals surface area contributed by atoms with Crippen LogP contribution in [0, 0.1) is 5.92 Å².